The summed E-state index contributed by atoms with van der Waals surface area (Å²) in [6, 6.07) is 1.21. The highest BCUT2D eigenvalue weighted by molar-refractivity contribution is 6.46. The Morgan fingerprint density at radius 1 is 1.19 bits per heavy atom. The molecule has 0 unspecified atom stereocenters. The van der Waals surface area contributed by atoms with Gasteiger partial charge in [0.2, 0.25) is 0 Å². The number of hydrogen-bond acceptors (Lipinski definition) is 3. The molecule has 0 radical (unpaired) electrons. The van der Waals surface area contributed by atoms with Gasteiger partial charge < -0.3 is 10.8 Å². The number of rotatable bonds is 3. The van der Waals surface area contributed by atoms with Crippen LogP contribution in [0.4, 0.5) is 0 Å². The highest BCUT2D eigenvalue weighted by atomic mass is 35.5. The predicted octanol–water partition coefficient (Wildman–Crippen LogP) is 2.49. The third kappa shape index (κ3) is 2.30. The summed E-state index contributed by atoms with van der Waals surface area (Å²) in [5.41, 5.74) is 4.51. The zero-order chi connectivity index (χ0) is 12.5. The lowest BCUT2D eigenvalue weighted by Gasteiger charge is -2.09. The molecule has 4 nitrogen and oxygen atoms in total. The van der Waals surface area contributed by atoms with Crippen molar-refractivity contribution in [1.82, 2.24) is 0 Å². The van der Waals surface area contributed by atoms with Crippen molar-refractivity contribution in [2.24, 2.45) is 5.73 Å². The molecule has 0 aliphatic rings. The van der Waals surface area contributed by atoms with E-state index in [1.54, 1.807) is 0 Å². The van der Waals surface area contributed by atoms with Gasteiger partial charge in [0.25, 0.3) is 0 Å². The van der Waals surface area contributed by atoms with E-state index in [1.807, 2.05) is 0 Å². The molecule has 16 heavy (non-hydrogen) atoms. The standard InChI is InChI=1S/C9H6Cl3NO3/c10-3-1-4(11)8(12)7(9(15)16)6(3)5(14)2-13/h1H,2,13H2,(H,15,16). The van der Waals surface area contributed by atoms with Gasteiger partial charge in [0.1, 0.15) is 0 Å². The molecule has 0 bridgehead atoms. The van der Waals surface area contributed by atoms with Gasteiger partial charge in [-0.25, -0.2) is 4.79 Å². The number of carbonyl (C=O) groups is 2. The lowest BCUT2D eigenvalue weighted by Crippen LogP contribution is -2.18. The molecule has 0 fully saturated rings. The van der Waals surface area contributed by atoms with Crippen LogP contribution in [0.25, 0.3) is 0 Å². The normalized spacial score (nSPS) is 10.2. The third-order valence-corrected chi connectivity index (χ3v) is 2.94. The summed E-state index contributed by atoms with van der Waals surface area (Å²) in [5.74, 6) is -1.99. The number of halogens is 3. The van der Waals surface area contributed by atoms with Crippen molar-refractivity contribution in [2.45, 2.75) is 0 Å². The van der Waals surface area contributed by atoms with Crippen molar-refractivity contribution in [3.8, 4) is 0 Å². The van der Waals surface area contributed by atoms with Gasteiger partial charge in [-0.1, -0.05) is 34.8 Å². The number of nitrogens with two attached hydrogens (primary N) is 1. The summed E-state index contributed by atoms with van der Waals surface area (Å²) in [4.78, 5) is 22.4. The van der Waals surface area contributed by atoms with E-state index in [9.17, 15) is 9.59 Å². The van der Waals surface area contributed by atoms with E-state index >= 15 is 0 Å². The van der Waals surface area contributed by atoms with Crippen LogP contribution in [-0.2, 0) is 0 Å². The summed E-state index contributed by atoms with van der Waals surface area (Å²) in [7, 11) is 0. The monoisotopic (exact) mass is 281 g/mol. The van der Waals surface area contributed by atoms with E-state index in [4.69, 9.17) is 45.6 Å². The molecule has 0 atom stereocenters. The van der Waals surface area contributed by atoms with Crippen LogP contribution in [0.2, 0.25) is 15.1 Å². The maximum Gasteiger partial charge on any atom is 0.338 e. The molecular weight excluding hydrogens is 276 g/mol. The van der Waals surface area contributed by atoms with E-state index in [-0.39, 0.29) is 27.2 Å². The van der Waals surface area contributed by atoms with Crippen LogP contribution in [0.1, 0.15) is 20.7 Å². The predicted molar refractivity (Wildman–Crippen MR) is 61.8 cm³/mol. The minimum absolute atomic E-state index is 0.0300. The Bertz CT molecular complexity index is 474. The lowest BCUT2D eigenvalue weighted by molar-refractivity contribution is 0.0692. The molecule has 1 aromatic carbocycles. The molecule has 0 spiro atoms. The van der Waals surface area contributed by atoms with Crippen LogP contribution in [0, 0.1) is 0 Å². The molecule has 0 heterocycles. The minimum atomic E-state index is -1.38. The Morgan fingerprint density at radius 3 is 2.19 bits per heavy atom. The van der Waals surface area contributed by atoms with Crippen molar-refractivity contribution >= 4 is 46.6 Å². The zero-order valence-corrected chi connectivity index (χ0v) is 10.0. The zero-order valence-electron chi connectivity index (χ0n) is 7.76. The first kappa shape index (κ1) is 13.3. The van der Waals surface area contributed by atoms with Crippen LogP contribution in [0.5, 0.6) is 0 Å². The molecule has 7 heteroatoms. The van der Waals surface area contributed by atoms with Crippen molar-refractivity contribution in [3.63, 3.8) is 0 Å². The van der Waals surface area contributed by atoms with E-state index in [0.717, 1.165) is 0 Å². The smallest absolute Gasteiger partial charge is 0.338 e. The topological polar surface area (TPSA) is 80.4 Å². The average Bonchev–Trinajstić information content (AvgIpc) is 2.21. The first-order valence-corrected chi connectivity index (χ1v) is 5.17. The Hall–Kier alpha value is -0.810. The number of carboxylic acids is 1. The van der Waals surface area contributed by atoms with Gasteiger partial charge in [-0.3, -0.25) is 4.79 Å². The fraction of sp³-hybridized carbons (Fsp3) is 0.111. The molecule has 0 aliphatic heterocycles. The van der Waals surface area contributed by atoms with E-state index < -0.39 is 17.3 Å². The molecular formula is C9H6Cl3NO3. The maximum atomic E-state index is 11.4. The number of hydrogen-bond donors (Lipinski definition) is 2. The number of ketones is 1. The summed E-state index contributed by atoms with van der Waals surface area (Å²) in [6.07, 6.45) is 0. The second-order valence-electron chi connectivity index (χ2n) is 2.84. The van der Waals surface area contributed by atoms with Crippen LogP contribution >= 0.6 is 34.8 Å². The number of Topliss-reactive ketones (excluding diaryl/α,β-unsaturated/α-hetero) is 1. The van der Waals surface area contributed by atoms with Crippen LogP contribution in [-0.4, -0.2) is 23.4 Å². The first-order valence-electron chi connectivity index (χ1n) is 4.04. The second kappa shape index (κ2) is 5.01. The Morgan fingerprint density at radius 2 is 1.75 bits per heavy atom. The molecule has 0 aromatic heterocycles. The van der Waals surface area contributed by atoms with E-state index in [1.165, 1.54) is 6.07 Å². The first-order chi connectivity index (χ1) is 7.40. The molecule has 3 N–H and O–H groups in total. The molecule has 0 aliphatic carbocycles. The van der Waals surface area contributed by atoms with E-state index in [0.29, 0.717) is 0 Å². The van der Waals surface area contributed by atoms with Crippen LogP contribution in [0.15, 0.2) is 6.07 Å². The molecule has 1 aromatic rings. The number of aromatic carboxylic acids is 1. The average molecular weight is 283 g/mol. The van der Waals surface area contributed by atoms with Gasteiger partial charge in [0.15, 0.2) is 5.78 Å². The van der Waals surface area contributed by atoms with Crippen molar-refractivity contribution in [1.29, 1.82) is 0 Å². The molecule has 0 saturated heterocycles. The van der Waals surface area contributed by atoms with Gasteiger partial charge in [0.05, 0.1) is 32.7 Å². The number of carboxylic acid groups (broad SMARTS) is 1. The van der Waals surface area contributed by atoms with Crippen LogP contribution < -0.4 is 5.73 Å². The van der Waals surface area contributed by atoms with Gasteiger partial charge >= 0.3 is 5.97 Å². The lowest BCUT2D eigenvalue weighted by atomic mass is 10.0. The third-order valence-electron chi connectivity index (χ3n) is 1.85. The fourth-order valence-corrected chi connectivity index (χ4v) is 1.97. The molecule has 0 amide bonds. The second-order valence-corrected chi connectivity index (χ2v) is 4.03. The fourth-order valence-electron chi connectivity index (χ4n) is 1.17. The maximum absolute atomic E-state index is 11.4. The van der Waals surface area contributed by atoms with Gasteiger partial charge in [-0.2, -0.15) is 0 Å². The Balaban J connectivity index is 3.64. The molecule has 0 saturated carbocycles. The molecule has 86 valence electrons. The summed E-state index contributed by atoms with van der Waals surface area (Å²) >= 11 is 17.1. The van der Waals surface area contributed by atoms with Crippen molar-refractivity contribution < 1.29 is 14.7 Å². The minimum Gasteiger partial charge on any atom is -0.478 e. The van der Waals surface area contributed by atoms with E-state index in [2.05, 4.69) is 0 Å². The number of benzene rings is 1. The SMILES string of the molecule is NCC(=O)c1c(Cl)cc(Cl)c(Cl)c1C(=O)O. The highest BCUT2D eigenvalue weighted by Gasteiger charge is 2.24. The molecule has 1 rings (SSSR count). The quantitative estimate of drug-likeness (QED) is 0.659. The van der Waals surface area contributed by atoms with Gasteiger partial charge in [-0.15, -0.1) is 0 Å². The van der Waals surface area contributed by atoms with Crippen LogP contribution in [0.3, 0.4) is 0 Å². The van der Waals surface area contributed by atoms with Crippen molar-refractivity contribution in [3.05, 3.63) is 32.3 Å². The summed E-state index contributed by atoms with van der Waals surface area (Å²) in [5, 5.41) is 8.61. The largest absolute Gasteiger partial charge is 0.478 e. The summed E-state index contributed by atoms with van der Waals surface area (Å²) < 4.78 is 0. The van der Waals surface area contributed by atoms with Crippen molar-refractivity contribution in [2.75, 3.05) is 6.54 Å². The number of carbonyl (C=O) groups excluding carboxylic acids is 1. The van der Waals surface area contributed by atoms with Gasteiger partial charge in [-0.05, 0) is 6.07 Å². The van der Waals surface area contributed by atoms with Gasteiger partial charge in [0, 0.05) is 0 Å². The Kier molecular flexibility index (Phi) is 4.15. The Labute approximate surface area is 106 Å². The highest BCUT2D eigenvalue weighted by Crippen LogP contribution is 2.34. The summed E-state index contributed by atoms with van der Waals surface area (Å²) in [6.45, 7) is -0.363.